The third kappa shape index (κ3) is 3.48. The number of hydroxylamine groups is 1. The van der Waals surface area contributed by atoms with Crippen molar-refractivity contribution in [3.8, 4) is 0 Å². The fourth-order valence-electron chi connectivity index (χ4n) is 4.20. The Morgan fingerprint density at radius 3 is 2.23 bits per heavy atom. The maximum Gasteiger partial charge on any atom is 0.262 e. The van der Waals surface area contributed by atoms with E-state index in [0.717, 1.165) is 5.56 Å². The molecule has 2 heterocycles. The number of fused-ring (bicyclic) bond motifs is 1. The summed E-state index contributed by atoms with van der Waals surface area (Å²) in [5.41, 5.74) is 2.20. The Kier molecular flexibility index (Phi) is 4.96. The molecular formula is C24H18ClFN2O3. The largest absolute Gasteiger partial charge is 0.275 e. The molecule has 0 N–H and O–H groups in total. The lowest BCUT2D eigenvalue weighted by Gasteiger charge is -2.28. The first-order chi connectivity index (χ1) is 15.0. The van der Waals surface area contributed by atoms with E-state index in [0.29, 0.717) is 16.3 Å². The first kappa shape index (κ1) is 19.7. The van der Waals surface area contributed by atoms with Crippen LogP contribution in [0.1, 0.15) is 17.2 Å². The van der Waals surface area contributed by atoms with Crippen LogP contribution in [-0.4, -0.2) is 22.8 Å². The molecule has 2 fully saturated rings. The smallest absolute Gasteiger partial charge is 0.262 e. The molecule has 0 aromatic heterocycles. The molecule has 0 spiro atoms. The number of nitrogens with zero attached hydrogens (tertiary/aromatic N) is 2. The molecule has 3 atom stereocenters. The van der Waals surface area contributed by atoms with E-state index in [4.69, 9.17) is 16.4 Å². The highest BCUT2D eigenvalue weighted by atomic mass is 35.5. The lowest BCUT2D eigenvalue weighted by Crippen LogP contribution is -2.36. The molecule has 7 heteroatoms. The first-order valence-electron chi connectivity index (χ1n) is 9.89. The van der Waals surface area contributed by atoms with E-state index in [2.05, 4.69) is 0 Å². The van der Waals surface area contributed by atoms with E-state index in [1.54, 1.807) is 41.5 Å². The average Bonchev–Trinajstić information content (AvgIpc) is 3.28. The monoisotopic (exact) mass is 436 g/mol. The van der Waals surface area contributed by atoms with Crippen LogP contribution in [0.25, 0.3) is 0 Å². The van der Waals surface area contributed by atoms with E-state index in [1.807, 2.05) is 30.3 Å². The van der Waals surface area contributed by atoms with Gasteiger partial charge < -0.3 is 0 Å². The molecule has 2 amide bonds. The van der Waals surface area contributed by atoms with E-state index in [-0.39, 0.29) is 24.2 Å². The fraction of sp³-hybridized carbons (Fsp3) is 0.167. The van der Waals surface area contributed by atoms with E-state index >= 15 is 0 Å². The van der Waals surface area contributed by atoms with Gasteiger partial charge in [0.1, 0.15) is 11.7 Å². The number of hydrogen-bond acceptors (Lipinski definition) is 4. The summed E-state index contributed by atoms with van der Waals surface area (Å²) in [5, 5.41) is 2.12. The standard InChI is InChI=1S/C24H18ClFN2O3/c25-17-8-12-19(13-9-17)28-21(16-6-10-18(26)11-7-16)20-22(31-28)24(30)27(23(20)29)14-15-4-2-1-3-5-15/h1-13,20-22H,14H2/t20-,21+,22+/m0/s1. The van der Waals surface area contributed by atoms with Crippen LogP contribution in [0.4, 0.5) is 10.1 Å². The van der Waals surface area contributed by atoms with Crippen molar-refractivity contribution in [2.24, 2.45) is 5.92 Å². The summed E-state index contributed by atoms with van der Waals surface area (Å²) in [4.78, 5) is 33.8. The highest BCUT2D eigenvalue weighted by Gasteiger charge is 2.59. The second-order valence-corrected chi connectivity index (χ2v) is 8.04. The van der Waals surface area contributed by atoms with Gasteiger partial charge in [0.15, 0.2) is 6.10 Å². The predicted octanol–water partition coefficient (Wildman–Crippen LogP) is 4.53. The maximum absolute atomic E-state index is 13.6. The molecule has 3 aromatic rings. The molecule has 0 saturated carbocycles. The van der Waals surface area contributed by atoms with Crippen molar-refractivity contribution in [2.45, 2.75) is 18.7 Å². The van der Waals surface area contributed by atoms with Crippen LogP contribution in [0.3, 0.4) is 0 Å². The van der Waals surface area contributed by atoms with Gasteiger partial charge in [0.2, 0.25) is 5.91 Å². The third-order valence-electron chi connectivity index (χ3n) is 5.68. The summed E-state index contributed by atoms with van der Waals surface area (Å²) in [6.45, 7) is 0.186. The van der Waals surface area contributed by atoms with Gasteiger partial charge in [-0.15, -0.1) is 0 Å². The number of halogens is 2. The van der Waals surface area contributed by atoms with E-state index in [1.165, 1.54) is 17.0 Å². The number of carbonyl (C=O) groups is 2. The Labute approximate surface area is 183 Å². The Morgan fingerprint density at radius 1 is 0.871 bits per heavy atom. The van der Waals surface area contributed by atoms with Gasteiger partial charge in [-0.05, 0) is 47.5 Å². The van der Waals surface area contributed by atoms with Crippen molar-refractivity contribution >= 4 is 29.1 Å². The molecule has 0 radical (unpaired) electrons. The van der Waals surface area contributed by atoms with Gasteiger partial charge in [0.05, 0.1) is 18.3 Å². The van der Waals surface area contributed by atoms with E-state index < -0.39 is 18.1 Å². The second kappa shape index (κ2) is 7.80. The van der Waals surface area contributed by atoms with Gasteiger partial charge in [0, 0.05) is 5.02 Å². The summed E-state index contributed by atoms with van der Waals surface area (Å²) in [6.07, 6.45) is -0.943. The van der Waals surface area contributed by atoms with E-state index in [9.17, 15) is 14.0 Å². The second-order valence-electron chi connectivity index (χ2n) is 7.60. The van der Waals surface area contributed by atoms with Crippen LogP contribution in [0.15, 0.2) is 78.9 Å². The van der Waals surface area contributed by atoms with Crippen molar-refractivity contribution in [1.82, 2.24) is 4.90 Å². The number of amides is 2. The summed E-state index contributed by atoms with van der Waals surface area (Å²) in [5.74, 6) is -1.79. The molecule has 0 aliphatic carbocycles. The molecule has 5 rings (SSSR count). The molecule has 156 valence electrons. The van der Waals surface area contributed by atoms with Crippen molar-refractivity contribution in [3.05, 3.63) is 101 Å². The molecule has 31 heavy (non-hydrogen) atoms. The summed E-state index contributed by atoms with van der Waals surface area (Å²) < 4.78 is 13.6. The molecule has 0 unspecified atom stereocenters. The lowest BCUT2D eigenvalue weighted by atomic mass is 9.90. The summed E-state index contributed by atoms with van der Waals surface area (Å²) in [6, 6.07) is 21.6. The minimum absolute atomic E-state index is 0.186. The van der Waals surface area contributed by atoms with Crippen molar-refractivity contribution < 1.29 is 18.8 Å². The molecule has 2 aliphatic rings. The molecule has 3 aromatic carbocycles. The van der Waals surface area contributed by atoms with Gasteiger partial charge in [-0.2, -0.15) is 0 Å². The SMILES string of the molecule is O=C1[C@H]2[C@@H](c3ccc(F)cc3)N(c3ccc(Cl)cc3)O[C@H]2C(=O)N1Cc1ccccc1. The number of imide groups is 1. The van der Waals surface area contributed by atoms with Crippen LogP contribution in [0, 0.1) is 11.7 Å². The number of carbonyl (C=O) groups excluding carboxylic acids is 2. The minimum Gasteiger partial charge on any atom is -0.275 e. The Morgan fingerprint density at radius 2 is 1.55 bits per heavy atom. The number of benzene rings is 3. The number of likely N-dealkylation sites (tertiary alicyclic amines) is 1. The van der Waals surface area contributed by atoms with Gasteiger partial charge in [-0.1, -0.05) is 54.1 Å². The van der Waals surface area contributed by atoms with Gasteiger partial charge in [-0.25, -0.2) is 9.45 Å². The Balaban J connectivity index is 1.52. The van der Waals surface area contributed by atoms with Crippen molar-refractivity contribution in [2.75, 3.05) is 5.06 Å². The molecule has 2 saturated heterocycles. The van der Waals surface area contributed by atoms with Crippen LogP contribution < -0.4 is 5.06 Å². The zero-order valence-electron chi connectivity index (χ0n) is 16.3. The first-order valence-corrected chi connectivity index (χ1v) is 10.3. The van der Waals surface area contributed by atoms with Crippen LogP contribution in [0.2, 0.25) is 5.02 Å². The van der Waals surface area contributed by atoms with Crippen LogP contribution in [-0.2, 0) is 21.0 Å². The molecule has 2 aliphatic heterocycles. The summed E-state index contributed by atoms with van der Waals surface area (Å²) in [7, 11) is 0. The van der Waals surface area contributed by atoms with Gasteiger partial charge >= 0.3 is 0 Å². The Hall–Kier alpha value is -3.22. The lowest BCUT2D eigenvalue weighted by molar-refractivity contribution is -0.143. The summed E-state index contributed by atoms with van der Waals surface area (Å²) >= 11 is 6.01. The highest BCUT2D eigenvalue weighted by Crippen LogP contribution is 2.47. The third-order valence-corrected chi connectivity index (χ3v) is 5.93. The molecular weight excluding hydrogens is 419 g/mol. The normalized spacial score (nSPS) is 22.8. The number of hydrogen-bond donors (Lipinski definition) is 0. The fourth-order valence-corrected chi connectivity index (χ4v) is 4.33. The number of rotatable bonds is 4. The average molecular weight is 437 g/mol. The van der Waals surface area contributed by atoms with Crippen molar-refractivity contribution in [1.29, 1.82) is 0 Å². The Bertz CT molecular complexity index is 1120. The van der Waals surface area contributed by atoms with Gasteiger partial charge in [-0.3, -0.25) is 19.3 Å². The zero-order chi connectivity index (χ0) is 21.5. The van der Waals surface area contributed by atoms with Crippen LogP contribution in [0.5, 0.6) is 0 Å². The zero-order valence-corrected chi connectivity index (χ0v) is 17.1. The highest BCUT2D eigenvalue weighted by molar-refractivity contribution is 6.30. The maximum atomic E-state index is 13.6. The predicted molar refractivity (Wildman–Crippen MR) is 113 cm³/mol. The van der Waals surface area contributed by atoms with Crippen LogP contribution >= 0.6 is 11.6 Å². The minimum atomic E-state index is -0.943. The van der Waals surface area contributed by atoms with Gasteiger partial charge in [0.25, 0.3) is 5.91 Å². The topological polar surface area (TPSA) is 49.9 Å². The quantitative estimate of drug-likeness (QED) is 0.564. The number of anilines is 1. The van der Waals surface area contributed by atoms with Crippen molar-refractivity contribution in [3.63, 3.8) is 0 Å². The molecule has 5 nitrogen and oxygen atoms in total. The molecule has 0 bridgehead atoms.